The molecule has 7 heteroatoms. The molecule has 1 aliphatic carbocycles. The van der Waals surface area contributed by atoms with Gasteiger partial charge in [-0.2, -0.15) is 0 Å². The van der Waals surface area contributed by atoms with E-state index in [1.165, 1.54) is 38.5 Å². The zero-order valence-corrected chi connectivity index (χ0v) is 13.7. The van der Waals surface area contributed by atoms with E-state index in [-0.39, 0.29) is 0 Å². The van der Waals surface area contributed by atoms with Crippen molar-refractivity contribution in [1.29, 1.82) is 0 Å². The topological polar surface area (TPSA) is 76.4 Å². The molecule has 1 aliphatic rings. The summed E-state index contributed by atoms with van der Waals surface area (Å²) in [5, 5.41) is 14.4. The van der Waals surface area contributed by atoms with Crippen LogP contribution in [0.5, 0.6) is 0 Å². The Hall–Kier alpha value is -1.63. The molecule has 0 aliphatic heterocycles. The lowest BCUT2D eigenvalue weighted by molar-refractivity contribution is 0.0468. The predicted octanol–water partition coefficient (Wildman–Crippen LogP) is 1.22. The monoisotopic (exact) mass is 308 g/mol. The number of hydrogen-bond donors (Lipinski definition) is 2. The number of aliphatic imine (C=N–C) groups is 1. The van der Waals surface area contributed by atoms with Gasteiger partial charge in [0, 0.05) is 20.6 Å². The number of rotatable bonds is 6. The fraction of sp³-hybridized carbons (Fsp3) is 0.800. The molecule has 0 aromatic carbocycles. The Labute approximate surface area is 132 Å². The molecule has 22 heavy (non-hydrogen) atoms. The van der Waals surface area contributed by atoms with Gasteiger partial charge in [0.05, 0.1) is 19.3 Å². The minimum atomic E-state index is 0.443. The average Bonchev–Trinajstić information content (AvgIpc) is 2.77. The molecule has 2 rings (SSSR count). The molecule has 0 bridgehead atoms. The van der Waals surface area contributed by atoms with Crippen molar-refractivity contribution >= 4 is 5.96 Å². The summed E-state index contributed by atoms with van der Waals surface area (Å²) < 4.78 is 7.84. The molecule has 0 spiro atoms. The van der Waals surface area contributed by atoms with E-state index in [0.717, 1.165) is 24.9 Å². The van der Waals surface area contributed by atoms with E-state index >= 15 is 0 Å². The maximum atomic E-state index is 5.96. The van der Waals surface area contributed by atoms with Gasteiger partial charge in [-0.15, -0.1) is 10.2 Å². The number of nitrogens with one attached hydrogen (secondary N) is 2. The molecule has 0 atom stereocenters. The molecule has 1 aromatic heterocycles. The zero-order chi connectivity index (χ0) is 15.6. The van der Waals surface area contributed by atoms with Crippen LogP contribution in [0, 0.1) is 0 Å². The molecule has 7 nitrogen and oxygen atoms in total. The van der Waals surface area contributed by atoms with Crippen molar-refractivity contribution in [2.45, 2.75) is 51.2 Å². The number of nitrogens with zero attached hydrogens (tertiary/aromatic N) is 4. The highest BCUT2D eigenvalue weighted by Crippen LogP contribution is 2.19. The molecule has 0 unspecified atom stereocenters. The molecular weight excluding hydrogens is 280 g/mol. The van der Waals surface area contributed by atoms with E-state index in [1.807, 2.05) is 11.6 Å². The van der Waals surface area contributed by atoms with Crippen molar-refractivity contribution in [2.24, 2.45) is 12.0 Å². The van der Waals surface area contributed by atoms with Crippen molar-refractivity contribution < 1.29 is 4.74 Å². The molecule has 1 aromatic rings. The first-order chi connectivity index (χ1) is 10.8. The number of aryl methyl sites for hydroxylation is 1. The minimum absolute atomic E-state index is 0.443. The average molecular weight is 308 g/mol. The van der Waals surface area contributed by atoms with Crippen LogP contribution in [0.25, 0.3) is 0 Å². The maximum absolute atomic E-state index is 5.96. The van der Waals surface area contributed by atoms with Crippen molar-refractivity contribution in [3.8, 4) is 0 Å². The Morgan fingerprint density at radius 3 is 2.73 bits per heavy atom. The van der Waals surface area contributed by atoms with Crippen molar-refractivity contribution in [3.05, 3.63) is 12.2 Å². The first-order valence-corrected chi connectivity index (χ1v) is 8.18. The number of ether oxygens (including phenoxy) is 1. The second-order valence-electron chi connectivity index (χ2n) is 5.69. The van der Waals surface area contributed by atoms with Crippen LogP contribution in [0.4, 0.5) is 0 Å². The fourth-order valence-electron chi connectivity index (χ4n) is 2.65. The van der Waals surface area contributed by atoms with Gasteiger partial charge in [-0.1, -0.05) is 25.7 Å². The van der Waals surface area contributed by atoms with Gasteiger partial charge >= 0.3 is 0 Å². The van der Waals surface area contributed by atoms with Gasteiger partial charge < -0.3 is 19.9 Å². The van der Waals surface area contributed by atoms with E-state index in [0.29, 0.717) is 12.6 Å². The summed E-state index contributed by atoms with van der Waals surface area (Å²) in [6.45, 7) is 2.07. The number of hydrogen-bond acceptors (Lipinski definition) is 4. The molecule has 0 saturated heterocycles. The standard InChI is InChI=1S/C15H28N6O/c1-16-15(18-11-14-20-19-12-21(14)2)17-9-10-22-13-7-5-3-4-6-8-13/h12-13H,3-11H2,1-2H3,(H2,16,17,18). The summed E-state index contributed by atoms with van der Waals surface area (Å²) in [5.74, 6) is 1.63. The Morgan fingerprint density at radius 1 is 1.32 bits per heavy atom. The van der Waals surface area contributed by atoms with Crippen molar-refractivity contribution in [3.63, 3.8) is 0 Å². The lowest BCUT2D eigenvalue weighted by Crippen LogP contribution is -2.39. The first kappa shape index (κ1) is 16.7. The third-order valence-corrected chi connectivity index (χ3v) is 3.99. The third kappa shape index (κ3) is 5.63. The van der Waals surface area contributed by atoms with E-state index in [2.05, 4.69) is 25.8 Å². The molecular formula is C15H28N6O. The zero-order valence-electron chi connectivity index (χ0n) is 13.7. The van der Waals surface area contributed by atoms with Crippen LogP contribution in [0.3, 0.4) is 0 Å². The number of aromatic nitrogens is 3. The molecule has 1 fully saturated rings. The normalized spacial score (nSPS) is 17.3. The molecule has 0 amide bonds. The SMILES string of the molecule is CN=C(NCCOC1CCCCCC1)NCc1nncn1C. The second kappa shape index (κ2) is 9.40. The van der Waals surface area contributed by atoms with Crippen molar-refractivity contribution in [2.75, 3.05) is 20.2 Å². The van der Waals surface area contributed by atoms with Gasteiger partial charge in [-0.25, -0.2) is 0 Å². The van der Waals surface area contributed by atoms with Gasteiger partial charge in [-0.05, 0) is 12.8 Å². The highest BCUT2D eigenvalue weighted by atomic mass is 16.5. The minimum Gasteiger partial charge on any atom is -0.376 e. The maximum Gasteiger partial charge on any atom is 0.191 e. The Balaban J connectivity index is 1.61. The highest BCUT2D eigenvalue weighted by Gasteiger charge is 2.12. The summed E-state index contributed by atoms with van der Waals surface area (Å²) in [6, 6.07) is 0. The third-order valence-electron chi connectivity index (χ3n) is 3.99. The largest absolute Gasteiger partial charge is 0.376 e. The van der Waals surface area contributed by atoms with Gasteiger partial charge in [0.2, 0.25) is 0 Å². The van der Waals surface area contributed by atoms with Gasteiger partial charge in [0.1, 0.15) is 6.33 Å². The predicted molar refractivity (Wildman–Crippen MR) is 86.6 cm³/mol. The molecule has 1 heterocycles. The summed E-state index contributed by atoms with van der Waals surface area (Å²) in [5.41, 5.74) is 0. The van der Waals surface area contributed by atoms with Crippen LogP contribution >= 0.6 is 0 Å². The lowest BCUT2D eigenvalue weighted by atomic mass is 10.1. The quantitative estimate of drug-likeness (QED) is 0.358. The summed E-state index contributed by atoms with van der Waals surface area (Å²) >= 11 is 0. The summed E-state index contributed by atoms with van der Waals surface area (Å²) in [4.78, 5) is 4.20. The van der Waals surface area contributed by atoms with Crippen LogP contribution < -0.4 is 10.6 Å². The first-order valence-electron chi connectivity index (χ1n) is 8.18. The highest BCUT2D eigenvalue weighted by molar-refractivity contribution is 5.79. The van der Waals surface area contributed by atoms with E-state index < -0.39 is 0 Å². The molecule has 2 N–H and O–H groups in total. The van der Waals surface area contributed by atoms with Crippen LogP contribution in [0.2, 0.25) is 0 Å². The van der Waals surface area contributed by atoms with Crippen molar-refractivity contribution in [1.82, 2.24) is 25.4 Å². The lowest BCUT2D eigenvalue weighted by Gasteiger charge is -2.16. The Kier molecular flexibility index (Phi) is 7.15. The second-order valence-corrected chi connectivity index (χ2v) is 5.69. The van der Waals surface area contributed by atoms with Gasteiger partial charge in [-0.3, -0.25) is 4.99 Å². The Bertz CT molecular complexity index is 451. The van der Waals surface area contributed by atoms with E-state index in [9.17, 15) is 0 Å². The van der Waals surface area contributed by atoms with E-state index in [4.69, 9.17) is 4.74 Å². The van der Waals surface area contributed by atoms with Gasteiger partial charge in [0.25, 0.3) is 0 Å². The van der Waals surface area contributed by atoms with Crippen LogP contribution in [-0.4, -0.2) is 47.0 Å². The number of guanidine groups is 1. The smallest absolute Gasteiger partial charge is 0.191 e. The van der Waals surface area contributed by atoms with Gasteiger partial charge in [0.15, 0.2) is 11.8 Å². The molecule has 124 valence electrons. The van der Waals surface area contributed by atoms with Crippen LogP contribution in [-0.2, 0) is 18.3 Å². The van der Waals surface area contributed by atoms with E-state index in [1.54, 1.807) is 13.4 Å². The molecule has 0 radical (unpaired) electrons. The van der Waals surface area contributed by atoms with Crippen LogP contribution in [0.1, 0.15) is 44.3 Å². The molecule has 1 saturated carbocycles. The van der Waals surface area contributed by atoms with Crippen LogP contribution in [0.15, 0.2) is 11.3 Å². The Morgan fingerprint density at radius 2 is 2.09 bits per heavy atom. The summed E-state index contributed by atoms with van der Waals surface area (Å²) in [6.07, 6.45) is 9.87. The fourth-order valence-corrected chi connectivity index (χ4v) is 2.65. The summed E-state index contributed by atoms with van der Waals surface area (Å²) in [7, 11) is 3.69.